The number of amides is 2. The van der Waals surface area contributed by atoms with Crippen LogP contribution in [0.4, 0.5) is 5.13 Å². The summed E-state index contributed by atoms with van der Waals surface area (Å²) < 4.78 is 0. The Morgan fingerprint density at radius 2 is 2.00 bits per heavy atom. The van der Waals surface area contributed by atoms with Crippen molar-refractivity contribution in [3.8, 4) is 0 Å². The molecule has 29 heavy (non-hydrogen) atoms. The zero-order valence-corrected chi connectivity index (χ0v) is 17.3. The molecule has 1 fully saturated rings. The Bertz CT molecular complexity index is 900. The number of hydrogen-bond donors (Lipinski definition) is 3. The molecular weight excluding hydrogens is 384 g/mol. The number of nitrogens with zero attached hydrogens (tertiary/aromatic N) is 1. The molecule has 0 unspecified atom stereocenters. The highest BCUT2D eigenvalue weighted by atomic mass is 32.1. The maximum Gasteiger partial charge on any atom is 0.263 e. The van der Waals surface area contributed by atoms with Gasteiger partial charge in [0.2, 0.25) is 0 Å². The number of anilines is 1. The van der Waals surface area contributed by atoms with E-state index in [1.807, 2.05) is 25.1 Å². The van der Waals surface area contributed by atoms with E-state index in [9.17, 15) is 9.59 Å². The molecule has 3 rings (SSSR count). The van der Waals surface area contributed by atoms with Gasteiger partial charge in [-0.25, -0.2) is 4.98 Å². The second kappa shape index (κ2) is 9.52. The third kappa shape index (κ3) is 6.02. The second-order valence-electron chi connectivity index (χ2n) is 7.22. The molecule has 2 aromatic rings. The molecule has 2 amide bonds. The Kier molecular flexibility index (Phi) is 6.82. The van der Waals surface area contributed by atoms with Crippen molar-refractivity contribution in [2.45, 2.75) is 44.8 Å². The van der Waals surface area contributed by atoms with E-state index in [0.717, 1.165) is 30.4 Å². The zero-order valence-electron chi connectivity index (χ0n) is 16.5. The van der Waals surface area contributed by atoms with Crippen LogP contribution in [0.1, 0.15) is 51.8 Å². The number of nitrogens with one attached hydrogen (secondary N) is 3. The van der Waals surface area contributed by atoms with E-state index in [1.54, 1.807) is 18.3 Å². The van der Waals surface area contributed by atoms with Crippen molar-refractivity contribution in [1.29, 1.82) is 0 Å². The first-order valence-corrected chi connectivity index (χ1v) is 10.4. The van der Waals surface area contributed by atoms with Crippen molar-refractivity contribution in [2.75, 3.05) is 5.32 Å². The first kappa shape index (κ1) is 20.8. The van der Waals surface area contributed by atoms with Crippen molar-refractivity contribution in [3.05, 3.63) is 71.3 Å². The Hall–Kier alpha value is -2.93. The van der Waals surface area contributed by atoms with E-state index in [0.29, 0.717) is 28.2 Å². The molecule has 1 aromatic heterocycles. The molecule has 7 heteroatoms. The number of carbonyl (C=O) groups excluding carboxylic acids is 2. The third-order valence-electron chi connectivity index (χ3n) is 4.61. The molecule has 1 atom stereocenters. The summed E-state index contributed by atoms with van der Waals surface area (Å²) in [5.41, 5.74) is 2.55. The lowest BCUT2D eigenvalue weighted by Gasteiger charge is -2.16. The van der Waals surface area contributed by atoms with Crippen molar-refractivity contribution in [1.82, 2.24) is 15.6 Å². The van der Waals surface area contributed by atoms with Crippen molar-refractivity contribution in [3.63, 3.8) is 0 Å². The van der Waals surface area contributed by atoms with Crippen molar-refractivity contribution < 1.29 is 9.59 Å². The van der Waals surface area contributed by atoms with Gasteiger partial charge in [0.25, 0.3) is 11.8 Å². The van der Waals surface area contributed by atoms with Crippen LogP contribution in [0.25, 0.3) is 0 Å². The van der Waals surface area contributed by atoms with Gasteiger partial charge in [-0.15, -0.1) is 6.58 Å². The molecule has 0 saturated heterocycles. The zero-order chi connectivity index (χ0) is 20.8. The van der Waals surface area contributed by atoms with Gasteiger partial charge >= 0.3 is 0 Å². The van der Waals surface area contributed by atoms with E-state index in [4.69, 9.17) is 0 Å². The predicted molar refractivity (Wildman–Crippen MR) is 117 cm³/mol. The topological polar surface area (TPSA) is 83.1 Å². The van der Waals surface area contributed by atoms with Crippen LogP contribution in [0, 0.1) is 0 Å². The van der Waals surface area contributed by atoms with Crippen LogP contribution in [0.2, 0.25) is 0 Å². The monoisotopic (exact) mass is 410 g/mol. The van der Waals surface area contributed by atoms with Gasteiger partial charge in [-0.3, -0.25) is 9.59 Å². The average molecular weight is 411 g/mol. The summed E-state index contributed by atoms with van der Waals surface area (Å²) in [6.07, 6.45) is 6.26. The fourth-order valence-corrected chi connectivity index (χ4v) is 3.47. The van der Waals surface area contributed by atoms with E-state index in [1.165, 1.54) is 11.3 Å². The van der Waals surface area contributed by atoms with Crippen LogP contribution >= 0.6 is 11.3 Å². The van der Waals surface area contributed by atoms with E-state index in [-0.39, 0.29) is 17.9 Å². The van der Waals surface area contributed by atoms with Crippen LogP contribution in [0.5, 0.6) is 0 Å². The lowest BCUT2D eigenvalue weighted by atomic mass is 10.1. The molecular formula is C22H26N4O2S. The molecule has 1 aliphatic carbocycles. The van der Waals surface area contributed by atoms with E-state index in [2.05, 4.69) is 34.1 Å². The number of thiazole rings is 1. The standard InChI is InChI=1S/C22H26N4O2S/c1-4-5-18(14(2)3)26-22-24-13-19(29-22)21(28)23-12-15-6-8-16(9-7-15)20(27)25-17-10-11-17/h4,6-9,13,17-18H,1-2,5,10-12H2,3H3,(H,23,28)(H,24,26)(H,25,27)/t18-/m0/s1. The third-order valence-corrected chi connectivity index (χ3v) is 5.53. The first-order valence-electron chi connectivity index (χ1n) is 9.63. The number of hydrogen-bond acceptors (Lipinski definition) is 5. The van der Waals surface area contributed by atoms with E-state index >= 15 is 0 Å². The van der Waals surface area contributed by atoms with Crippen LogP contribution < -0.4 is 16.0 Å². The first-order chi connectivity index (χ1) is 14.0. The maximum absolute atomic E-state index is 12.4. The quantitative estimate of drug-likeness (QED) is 0.519. The number of aromatic nitrogens is 1. The minimum atomic E-state index is -0.179. The molecule has 152 valence electrons. The Balaban J connectivity index is 1.51. The van der Waals surface area contributed by atoms with Crippen molar-refractivity contribution >= 4 is 28.3 Å². The fraction of sp³-hybridized carbons (Fsp3) is 0.318. The molecule has 3 N–H and O–H groups in total. The molecule has 0 aliphatic heterocycles. The summed E-state index contributed by atoms with van der Waals surface area (Å²) in [5.74, 6) is -0.223. The van der Waals surface area contributed by atoms with E-state index < -0.39 is 0 Å². The summed E-state index contributed by atoms with van der Waals surface area (Å²) in [5, 5.41) is 9.81. The normalized spacial score (nSPS) is 14.0. The molecule has 0 bridgehead atoms. The largest absolute Gasteiger partial charge is 0.355 e. The van der Waals surface area contributed by atoms with Crippen LogP contribution in [0.15, 0.2) is 55.3 Å². The number of rotatable bonds is 10. The molecule has 1 aromatic carbocycles. The van der Waals surface area contributed by atoms with Crippen LogP contribution in [0.3, 0.4) is 0 Å². The Morgan fingerprint density at radius 3 is 2.62 bits per heavy atom. The minimum absolute atomic E-state index is 0.0442. The van der Waals surface area contributed by atoms with Gasteiger partial charge in [0.05, 0.1) is 12.2 Å². The highest BCUT2D eigenvalue weighted by Crippen LogP contribution is 2.22. The molecule has 0 spiro atoms. The number of benzene rings is 1. The highest BCUT2D eigenvalue weighted by molar-refractivity contribution is 7.17. The van der Waals surface area contributed by atoms with Gasteiger partial charge in [-0.1, -0.05) is 41.7 Å². The summed E-state index contributed by atoms with van der Waals surface area (Å²) >= 11 is 1.30. The molecule has 6 nitrogen and oxygen atoms in total. The smallest absolute Gasteiger partial charge is 0.263 e. The summed E-state index contributed by atoms with van der Waals surface area (Å²) in [6.45, 7) is 10.1. The van der Waals surface area contributed by atoms with Crippen molar-refractivity contribution in [2.24, 2.45) is 0 Å². The Morgan fingerprint density at radius 1 is 1.28 bits per heavy atom. The van der Waals surface area contributed by atoms with Gasteiger partial charge < -0.3 is 16.0 Å². The van der Waals surface area contributed by atoms with Crippen LogP contribution in [-0.4, -0.2) is 28.9 Å². The van der Waals surface area contributed by atoms with Gasteiger partial charge in [0.15, 0.2) is 5.13 Å². The average Bonchev–Trinajstić information content (AvgIpc) is 3.40. The van der Waals surface area contributed by atoms with Gasteiger partial charge in [-0.05, 0) is 43.9 Å². The molecule has 1 aliphatic rings. The fourth-order valence-electron chi connectivity index (χ4n) is 2.68. The Labute approximate surface area is 175 Å². The maximum atomic E-state index is 12.4. The van der Waals surface area contributed by atoms with Gasteiger partial charge in [0.1, 0.15) is 4.88 Å². The lowest BCUT2D eigenvalue weighted by Crippen LogP contribution is -2.25. The molecule has 0 radical (unpaired) electrons. The minimum Gasteiger partial charge on any atom is -0.355 e. The molecule has 1 saturated carbocycles. The SMILES string of the molecule is C=CC[C@H](Nc1ncc(C(=O)NCc2ccc(C(=O)NC3CC3)cc2)s1)C(=C)C. The number of carbonyl (C=O) groups is 2. The summed E-state index contributed by atoms with van der Waals surface area (Å²) in [7, 11) is 0. The van der Waals surface area contributed by atoms with Gasteiger partial charge in [-0.2, -0.15) is 0 Å². The van der Waals surface area contributed by atoms with Gasteiger partial charge in [0, 0.05) is 18.2 Å². The predicted octanol–water partition coefficient (Wildman–Crippen LogP) is 3.90. The van der Waals surface area contributed by atoms with Crippen LogP contribution in [-0.2, 0) is 6.54 Å². The summed E-state index contributed by atoms with van der Waals surface area (Å²) in [6, 6.07) is 7.66. The second-order valence-corrected chi connectivity index (χ2v) is 8.26. The highest BCUT2D eigenvalue weighted by Gasteiger charge is 2.23. The lowest BCUT2D eigenvalue weighted by molar-refractivity contribution is 0.0943. The summed E-state index contributed by atoms with van der Waals surface area (Å²) in [4.78, 5) is 29.2. The molecule has 1 heterocycles.